The summed E-state index contributed by atoms with van der Waals surface area (Å²) in [7, 11) is 0. The maximum Gasteiger partial charge on any atom is 0.314 e. The van der Waals surface area contributed by atoms with E-state index in [1.54, 1.807) is 6.92 Å². The molecule has 2 unspecified atom stereocenters. The van der Waals surface area contributed by atoms with Crippen LogP contribution in [0.25, 0.3) is 0 Å². The number of carbonyl (C=O) groups excluding carboxylic acids is 1. The van der Waals surface area contributed by atoms with Crippen LogP contribution in [0.4, 0.5) is 4.79 Å². The molecular formula is C13H24N2O3S. The van der Waals surface area contributed by atoms with E-state index in [1.165, 1.54) is 25.0 Å². The summed E-state index contributed by atoms with van der Waals surface area (Å²) in [5.74, 6) is 0.0726. The van der Waals surface area contributed by atoms with Gasteiger partial charge in [0.2, 0.25) is 0 Å². The molecule has 1 heterocycles. The Morgan fingerprint density at radius 1 is 1.37 bits per heavy atom. The highest BCUT2D eigenvalue weighted by Crippen LogP contribution is 2.24. The van der Waals surface area contributed by atoms with Gasteiger partial charge in [0.1, 0.15) is 0 Å². The minimum atomic E-state index is -0.779. The zero-order chi connectivity index (χ0) is 14.1. The van der Waals surface area contributed by atoms with Gasteiger partial charge in [0, 0.05) is 18.3 Å². The number of aliphatic carboxylic acids is 1. The van der Waals surface area contributed by atoms with Gasteiger partial charge in [-0.15, -0.1) is 0 Å². The fourth-order valence-electron chi connectivity index (χ4n) is 1.97. The number of thioether (sulfide) groups is 1. The van der Waals surface area contributed by atoms with Crippen LogP contribution in [0, 0.1) is 5.92 Å². The predicted octanol–water partition coefficient (Wildman–Crippen LogP) is 2.07. The predicted molar refractivity (Wildman–Crippen MR) is 77.5 cm³/mol. The SMILES string of the molecule is CC(CCCNC(=O)NCC1CCCCS1)C(=O)O. The first-order chi connectivity index (χ1) is 9.09. The number of carboxylic acids is 1. The molecule has 0 radical (unpaired) electrons. The maximum atomic E-state index is 11.5. The van der Waals surface area contributed by atoms with Crippen molar-refractivity contribution in [2.75, 3.05) is 18.8 Å². The summed E-state index contributed by atoms with van der Waals surface area (Å²) in [6.07, 6.45) is 5.01. The van der Waals surface area contributed by atoms with E-state index in [2.05, 4.69) is 10.6 Å². The number of amides is 2. The second kappa shape index (κ2) is 9.07. The lowest BCUT2D eigenvalue weighted by molar-refractivity contribution is -0.141. The fourth-order valence-corrected chi connectivity index (χ4v) is 3.21. The van der Waals surface area contributed by atoms with Crippen molar-refractivity contribution in [3.8, 4) is 0 Å². The first-order valence-corrected chi connectivity index (χ1v) is 8.00. The molecule has 0 spiro atoms. The molecule has 0 aromatic heterocycles. The Labute approximate surface area is 118 Å². The van der Waals surface area contributed by atoms with Crippen LogP contribution >= 0.6 is 11.8 Å². The Balaban J connectivity index is 2.00. The van der Waals surface area contributed by atoms with Crippen molar-refractivity contribution >= 4 is 23.8 Å². The summed E-state index contributed by atoms with van der Waals surface area (Å²) in [5, 5.41) is 14.9. The van der Waals surface area contributed by atoms with Crippen molar-refractivity contribution in [1.82, 2.24) is 10.6 Å². The van der Waals surface area contributed by atoms with E-state index < -0.39 is 5.97 Å². The highest BCUT2D eigenvalue weighted by molar-refractivity contribution is 7.99. The Hall–Kier alpha value is -0.910. The number of nitrogens with one attached hydrogen (secondary N) is 2. The number of carboxylic acid groups (broad SMARTS) is 1. The van der Waals surface area contributed by atoms with Gasteiger partial charge in [-0.2, -0.15) is 11.8 Å². The fraction of sp³-hybridized carbons (Fsp3) is 0.846. The minimum absolute atomic E-state index is 0.144. The van der Waals surface area contributed by atoms with Crippen LogP contribution in [0.1, 0.15) is 39.0 Å². The van der Waals surface area contributed by atoms with Gasteiger partial charge in [-0.1, -0.05) is 13.3 Å². The molecule has 0 aliphatic carbocycles. The molecule has 0 bridgehead atoms. The number of hydrogen-bond acceptors (Lipinski definition) is 3. The molecule has 1 rings (SSSR count). The minimum Gasteiger partial charge on any atom is -0.481 e. The molecule has 3 N–H and O–H groups in total. The zero-order valence-electron chi connectivity index (χ0n) is 11.5. The normalized spacial score (nSPS) is 20.6. The average molecular weight is 288 g/mol. The van der Waals surface area contributed by atoms with Crippen LogP contribution in [0.2, 0.25) is 0 Å². The van der Waals surface area contributed by atoms with Crippen LogP contribution in [-0.4, -0.2) is 41.2 Å². The van der Waals surface area contributed by atoms with Crippen molar-refractivity contribution in [2.24, 2.45) is 5.92 Å². The molecule has 110 valence electrons. The lowest BCUT2D eigenvalue weighted by Gasteiger charge is -2.21. The Morgan fingerprint density at radius 3 is 2.79 bits per heavy atom. The zero-order valence-corrected chi connectivity index (χ0v) is 12.3. The number of carbonyl (C=O) groups is 2. The van der Waals surface area contributed by atoms with E-state index in [4.69, 9.17) is 5.11 Å². The second-order valence-corrected chi connectivity index (χ2v) is 6.42. The van der Waals surface area contributed by atoms with Crippen molar-refractivity contribution in [3.05, 3.63) is 0 Å². The molecule has 1 fully saturated rings. The molecule has 2 amide bonds. The molecule has 1 aliphatic heterocycles. The van der Waals surface area contributed by atoms with Crippen molar-refractivity contribution in [1.29, 1.82) is 0 Å². The molecule has 6 heteroatoms. The van der Waals surface area contributed by atoms with Gasteiger partial charge < -0.3 is 15.7 Å². The quantitative estimate of drug-likeness (QED) is 0.627. The van der Waals surface area contributed by atoms with Crippen LogP contribution < -0.4 is 10.6 Å². The van der Waals surface area contributed by atoms with Gasteiger partial charge in [-0.3, -0.25) is 4.79 Å². The van der Waals surface area contributed by atoms with Crippen LogP contribution in [-0.2, 0) is 4.79 Å². The Morgan fingerprint density at radius 2 is 2.16 bits per heavy atom. The highest BCUT2D eigenvalue weighted by Gasteiger charge is 2.14. The van der Waals surface area contributed by atoms with E-state index in [9.17, 15) is 9.59 Å². The first-order valence-electron chi connectivity index (χ1n) is 6.95. The van der Waals surface area contributed by atoms with Crippen LogP contribution in [0.5, 0.6) is 0 Å². The summed E-state index contributed by atoms with van der Waals surface area (Å²) in [6.45, 7) is 2.94. The molecule has 0 aromatic rings. The van der Waals surface area contributed by atoms with Crippen molar-refractivity contribution < 1.29 is 14.7 Å². The lowest BCUT2D eigenvalue weighted by atomic mass is 10.1. The molecule has 1 aliphatic rings. The Kier molecular flexibility index (Phi) is 7.70. The summed E-state index contributed by atoms with van der Waals surface area (Å²) >= 11 is 1.93. The molecule has 5 nitrogen and oxygen atoms in total. The second-order valence-electron chi connectivity index (χ2n) is 5.01. The van der Waals surface area contributed by atoms with Gasteiger partial charge in [0.05, 0.1) is 5.92 Å². The van der Waals surface area contributed by atoms with Gasteiger partial charge in [0.25, 0.3) is 0 Å². The molecule has 0 aromatic carbocycles. The van der Waals surface area contributed by atoms with E-state index in [1.807, 2.05) is 11.8 Å². The highest BCUT2D eigenvalue weighted by atomic mass is 32.2. The molecule has 19 heavy (non-hydrogen) atoms. The third kappa shape index (κ3) is 7.30. The standard InChI is InChI=1S/C13H24N2O3S/c1-10(12(16)17)5-4-7-14-13(18)15-9-11-6-2-3-8-19-11/h10-11H,2-9H2,1H3,(H,16,17)(H2,14,15,18). The molecule has 2 atom stereocenters. The smallest absolute Gasteiger partial charge is 0.314 e. The van der Waals surface area contributed by atoms with Crippen molar-refractivity contribution in [3.63, 3.8) is 0 Å². The van der Waals surface area contributed by atoms with Gasteiger partial charge in [0.15, 0.2) is 0 Å². The lowest BCUT2D eigenvalue weighted by Crippen LogP contribution is -2.40. The molecule has 0 saturated carbocycles. The summed E-state index contributed by atoms with van der Waals surface area (Å²) in [6, 6.07) is -0.144. The van der Waals surface area contributed by atoms with Crippen LogP contribution in [0.3, 0.4) is 0 Å². The average Bonchev–Trinajstić information content (AvgIpc) is 2.42. The summed E-state index contributed by atoms with van der Waals surface area (Å²) in [4.78, 5) is 22.1. The van der Waals surface area contributed by atoms with E-state index in [0.29, 0.717) is 24.6 Å². The van der Waals surface area contributed by atoms with Gasteiger partial charge in [-0.05, 0) is 31.4 Å². The largest absolute Gasteiger partial charge is 0.481 e. The summed E-state index contributed by atoms with van der Waals surface area (Å²) in [5.41, 5.74) is 0. The molecular weight excluding hydrogens is 264 g/mol. The third-order valence-electron chi connectivity index (χ3n) is 3.29. The summed E-state index contributed by atoms with van der Waals surface area (Å²) < 4.78 is 0. The number of rotatable bonds is 7. The number of hydrogen-bond donors (Lipinski definition) is 3. The maximum absolute atomic E-state index is 11.5. The topological polar surface area (TPSA) is 78.4 Å². The van der Waals surface area contributed by atoms with Gasteiger partial charge in [-0.25, -0.2) is 4.79 Å². The monoisotopic (exact) mass is 288 g/mol. The van der Waals surface area contributed by atoms with E-state index in [-0.39, 0.29) is 11.9 Å². The number of urea groups is 1. The molecule has 1 saturated heterocycles. The Bertz CT molecular complexity index is 294. The van der Waals surface area contributed by atoms with E-state index in [0.717, 1.165) is 6.54 Å². The van der Waals surface area contributed by atoms with Gasteiger partial charge >= 0.3 is 12.0 Å². The first kappa shape index (κ1) is 16.1. The van der Waals surface area contributed by atoms with Crippen LogP contribution in [0.15, 0.2) is 0 Å². The van der Waals surface area contributed by atoms with Crippen molar-refractivity contribution in [2.45, 2.75) is 44.3 Å². The van der Waals surface area contributed by atoms with E-state index >= 15 is 0 Å². The third-order valence-corrected chi connectivity index (χ3v) is 4.68.